The first kappa shape index (κ1) is 23.6. The molecule has 0 aromatic heterocycles. The molecule has 0 radical (unpaired) electrons. The standard InChI is InChI=1S/C25H36N4O3/c1-18-6-8-22(9-7-18)32-19(2)17-27-25(26-3)28-20-10-12-29(13-11-20)21-14-23(30-4)16-24(15-21)31-5/h6-9,14-16,19-20H,10-13,17H2,1-5H3,(H2,26,27,28). The summed E-state index contributed by atoms with van der Waals surface area (Å²) in [6.45, 7) is 6.72. The smallest absolute Gasteiger partial charge is 0.191 e. The SMILES string of the molecule is CN=C(NCC(C)Oc1ccc(C)cc1)NC1CCN(c2cc(OC)cc(OC)c2)CC1. The first-order valence-corrected chi connectivity index (χ1v) is 11.2. The van der Waals surface area contributed by atoms with Gasteiger partial charge in [-0.1, -0.05) is 17.7 Å². The van der Waals surface area contributed by atoms with Crippen LogP contribution in [-0.2, 0) is 0 Å². The van der Waals surface area contributed by atoms with E-state index in [0.29, 0.717) is 12.6 Å². The first-order chi connectivity index (χ1) is 15.5. The molecule has 0 bridgehead atoms. The van der Waals surface area contributed by atoms with Gasteiger partial charge in [0.1, 0.15) is 23.4 Å². The number of hydrogen-bond acceptors (Lipinski definition) is 5. The van der Waals surface area contributed by atoms with Gasteiger partial charge >= 0.3 is 0 Å². The Morgan fingerprint density at radius 2 is 1.66 bits per heavy atom. The van der Waals surface area contributed by atoms with Crippen LogP contribution in [0.15, 0.2) is 47.5 Å². The molecule has 2 aromatic rings. The van der Waals surface area contributed by atoms with Gasteiger partial charge in [0.05, 0.1) is 20.8 Å². The van der Waals surface area contributed by atoms with Crippen LogP contribution in [0.5, 0.6) is 17.2 Å². The van der Waals surface area contributed by atoms with E-state index < -0.39 is 0 Å². The number of aliphatic imine (C=N–C) groups is 1. The van der Waals surface area contributed by atoms with E-state index in [9.17, 15) is 0 Å². The fourth-order valence-electron chi connectivity index (χ4n) is 3.78. The molecule has 1 saturated heterocycles. The second kappa shape index (κ2) is 11.5. The Balaban J connectivity index is 1.45. The normalized spacial score (nSPS) is 15.8. The van der Waals surface area contributed by atoms with Gasteiger partial charge in [-0.05, 0) is 38.8 Å². The van der Waals surface area contributed by atoms with Crippen LogP contribution in [0.1, 0.15) is 25.3 Å². The number of aryl methyl sites for hydroxylation is 1. The number of methoxy groups -OCH3 is 2. The summed E-state index contributed by atoms with van der Waals surface area (Å²) in [4.78, 5) is 6.76. The van der Waals surface area contributed by atoms with Crippen molar-refractivity contribution in [1.82, 2.24) is 10.6 Å². The minimum Gasteiger partial charge on any atom is -0.497 e. The van der Waals surface area contributed by atoms with E-state index in [0.717, 1.165) is 54.8 Å². The second-order valence-corrected chi connectivity index (χ2v) is 8.17. The molecule has 0 amide bonds. The average molecular weight is 441 g/mol. The number of piperidine rings is 1. The molecule has 1 atom stereocenters. The van der Waals surface area contributed by atoms with Gasteiger partial charge in [0.2, 0.25) is 0 Å². The lowest BCUT2D eigenvalue weighted by molar-refractivity contribution is 0.223. The van der Waals surface area contributed by atoms with Gasteiger partial charge in [-0.3, -0.25) is 4.99 Å². The Labute approximate surface area is 191 Å². The third-order valence-corrected chi connectivity index (χ3v) is 5.68. The molecule has 0 aliphatic carbocycles. The quantitative estimate of drug-likeness (QED) is 0.483. The Morgan fingerprint density at radius 3 is 2.22 bits per heavy atom. The van der Waals surface area contributed by atoms with Crippen LogP contribution in [0.25, 0.3) is 0 Å². The lowest BCUT2D eigenvalue weighted by Gasteiger charge is -2.35. The highest BCUT2D eigenvalue weighted by atomic mass is 16.5. The fraction of sp³-hybridized carbons (Fsp3) is 0.480. The van der Waals surface area contributed by atoms with Crippen molar-refractivity contribution in [2.75, 3.05) is 45.8 Å². The van der Waals surface area contributed by atoms with Crippen LogP contribution in [0.2, 0.25) is 0 Å². The van der Waals surface area contributed by atoms with Crippen molar-refractivity contribution in [3.8, 4) is 17.2 Å². The van der Waals surface area contributed by atoms with Crippen LogP contribution in [0.4, 0.5) is 5.69 Å². The highest BCUT2D eigenvalue weighted by molar-refractivity contribution is 5.80. The van der Waals surface area contributed by atoms with E-state index in [-0.39, 0.29) is 6.10 Å². The van der Waals surface area contributed by atoms with Crippen LogP contribution in [0.3, 0.4) is 0 Å². The van der Waals surface area contributed by atoms with Crippen molar-refractivity contribution in [3.05, 3.63) is 48.0 Å². The number of rotatable bonds is 8. The number of nitrogens with zero attached hydrogens (tertiary/aromatic N) is 2. The molecule has 2 aromatic carbocycles. The van der Waals surface area contributed by atoms with Crippen LogP contribution >= 0.6 is 0 Å². The first-order valence-electron chi connectivity index (χ1n) is 11.2. The topological polar surface area (TPSA) is 67.4 Å². The molecule has 32 heavy (non-hydrogen) atoms. The molecular formula is C25H36N4O3. The molecule has 1 aliphatic heterocycles. The van der Waals surface area contributed by atoms with Crippen LogP contribution in [-0.4, -0.2) is 59.0 Å². The zero-order valence-electron chi connectivity index (χ0n) is 19.9. The maximum Gasteiger partial charge on any atom is 0.191 e. The van der Waals surface area contributed by atoms with Crippen molar-refractivity contribution >= 4 is 11.6 Å². The molecule has 7 heteroatoms. The van der Waals surface area contributed by atoms with Crippen molar-refractivity contribution in [1.29, 1.82) is 0 Å². The predicted octanol–water partition coefficient (Wildman–Crippen LogP) is 3.61. The minimum absolute atomic E-state index is 0.0288. The third kappa shape index (κ3) is 6.70. The van der Waals surface area contributed by atoms with E-state index in [4.69, 9.17) is 14.2 Å². The van der Waals surface area contributed by atoms with Crippen molar-refractivity contribution in [2.45, 2.75) is 38.8 Å². The van der Waals surface area contributed by atoms with E-state index >= 15 is 0 Å². The summed E-state index contributed by atoms with van der Waals surface area (Å²) in [5.41, 5.74) is 2.36. The fourth-order valence-corrected chi connectivity index (χ4v) is 3.78. The van der Waals surface area contributed by atoms with Gasteiger partial charge in [-0.15, -0.1) is 0 Å². The summed E-state index contributed by atoms with van der Waals surface area (Å²) in [5, 5.41) is 6.95. The highest BCUT2D eigenvalue weighted by Gasteiger charge is 2.21. The minimum atomic E-state index is 0.0288. The zero-order chi connectivity index (χ0) is 22.9. The van der Waals surface area contributed by atoms with Gasteiger partial charge in [-0.25, -0.2) is 0 Å². The Hall–Kier alpha value is -3.09. The maximum absolute atomic E-state index is 5.98. The molecule has 0 saturated carbocycles. The number of guanidine groups is 1. The summed E-state index contributed by atoms with van der Waals surface area (Å²) in [6.07, 6.45) is 2.08. The van der Waals surface area contributed by atoms with E-state index in [1.807, 2.05) is 18.2 Å². The van der Waals surface area contributed by atoms with E-state index in [1.54, 1.807) is 21.3 Å². The molecular weight excluding hydrogens is 404 g/mol. The predicted molar refractivity (Wildman–Crippen MR) is 131 cm³/mol. The number of nitrogens with one attached hydrogen (secondary N) is 2. The van der Waals surface area contributed by atoms with Gasteiger partial charge in [0.25, 0.3) is 0 Å². The summed E-state index contributed by atoms with van der Waals surface area (Å²) in [5.74, 6) is 3.32. The summed E-state index contributed by atoms with van der Waals surface area (Å²) in [7, 11) is 5.17. The lowest BCUT2D eigenvalue weighted by Crippen LogP contribution is -2.50. The molecule has 1 fully saturated rings. The van der Waals surface area contributed by atoms with E-state index in [2.05, 4.69) is 58.6 Å². The van der Waals surface area contributed by atoms with Gasteiger partial charge in [0.15, 0.2) is 5.96 Å². The molecule has 1 unspecified atom stereocenters. The monoisotopic (exact) mass is 440 g/mol. The lowest BCUT2D eigenvalue weighted by atomic mass is 10.0. The summed E-state index contributed by atoms with van der Waals surface area (Å²) >= 11 is 0. The maximum atomic E-state index is 5.98. The van der Waals surface area contributed by atoms with Gasteiger partial charge in [0, 0.05) is 50.1 Å². The van der Waals surface area contributed by atoms with Crippen molar-refractivity contribution in [3.63, 3.8) is 0 Å². The largest absolute Gasteiger partial charge is 0.497 e. The molecule has 1 aliphatic rings. The molecule has 1 heterocycles. The summed E-state index contributed by atoms with van der Waals surface area (Å²) in [6, 6.07) is 14.5. The molecule has 0 spiro atoms. The van der Waals surface area contributed by atoms with Gasteiger partial charge in [-0.2, -0.15) is 0 Å². The Kier molecular flexibility index (Phi) is 8.48. The van der Waals surface area contributed by atoms with Crippen molar-refractivity contribution in [2.24, 2.45) is 4.99 Å². The summed E-state index contributed by atoms with van der Waals surface area (Å²) < 4.78 is 16.8. The zero-order valence-corrected chi connectivity index (χ0v) is 19.9. The highest BCUT2D eigenvalue weighted by Crippen LogP contribution is 2.30. The molecule has 3 rings (SSSR count). The average Bonchev–Trinajstić information content (AvgIpc) is 2.83. The Bertz CT molecular complexity index is 855. The number of anilines is 1. The number of hydrogen-bond donors (Lipinski definition) is 2. The molecule has 7 nitrogen and oxygen atoms in total. The van der Waals surface area contributed by atoms with Gasteiger partial charge < -0.3 is 29.7 Å². The Morgan fingerprint density at radius 1 is 1.03 bits per heavy atom. The number of ether oxygens (including phenoxy) is 3. The van der Waals surface area contributed by atoms with Crippen molar-refractivity contribution < 1.29 is 14.2 Å². The number of benzene rings is 2. The van der Waals surface area contributed by atoms with Crippen LogP contribution in [0, 0.1) is 6.92 Å². The van der Waals surface area contributed by atoms with Crippen LogP contribution < -0.4 is 29.7 Å². The molecule has 2 N–H and O–H groups in total. The second-order valence-electron chi connectivity index (χ2n) is 8.17. The van der Waals surface area contributed by atoms with E-state index in [1.165, 1.54) is 5.56 Å². The molecule has 174 valence electrons. The third-order valence-electron chi connectivity index (χ3n) is 5.68.